The minimum absolute atomic E-state index is 0.0451. The number of hydrogen-bond donors (Lipinski definition) is 0. The molecule has 0 unspecified atom stereocenters. The van der Waals surface area contributed by atoms with Gasteiger partial charge in [0, 0.05) is 11.4 Å². The zero-order valence-electron chi connectivity index (χ0n) is 14.4. The lowest BCUT2D eigenvalue weighted by Gasteiger charge is -2.05. The summed E-state index contributed by atoms with van der Waals surface area (Å²) >= 11 is 1.33. The molecule has 0 saturated carbocycles. The van der Waals surface area contributed by atoms with Gasteiger partial charge in [-0.05, 0) is 36.4 Å². The summed E-state index contributed by atoms with van der Waals surface area (Å²) in [7, 11) is -3.27. The molecule has 6 nitrogen and oxygen atoms in total. The van der Waals surface area contributed by atoms with Gasteiger partial charge in [0.2, 0.25) is 5.16 Å². The molecule has 0 radical (unpaired) electrons. The van der Waals surface area contributed by atoms with E-state index in [1.165, 1.54) is 11.8 Å². The van der Waals surface area contributed by atoms with E-state index in [0.717, 1.165) is 5.70 Å². The molecule has 2 aromatic rings. The van der Waals surface area contributed by atoms with Gasteiger partial charge in [0.05, 0.1) is 10.6 Å². The number of thioether (sulfide) groups is 1. The van der Waals surface area contributed by atoms with Crippen molar-refractivity contribution >= 4 is 27.3 Å². The average Bonchev–Trinajstić information content (AvgIpc) is 3.10. The second-order valence-electron chi connectivity index (χ2n) is 4.76. The highest BCUT2D eigenvalue weighted by molar-refractivity contribution is 8.00. The summed E-state index contributed by atoms with van der Waals surface area (Å²) in [4.78, 5) is 0.342. The van der Waals surface area contributed by atoms with Gasteiger partial charge in [-0.3, -0.25) is 0 Å². The maximum absolute atomic E-state index is 12.2. The van der Waals surface area contributed by atoms with Gasteiger partial charge in [-0.25, -0.2) is 8.42 Å². The molecule has 0 saturated heterocycles. The third kappa shape index (κ3) is 6.67. The number of allylic oxidation sites excluding steroid dienone is 4. The lowest BCUT2D eigenvalue weighted by Crippen LogP contribution is -2.09. The summed E-state index contributed by atoms with van der Waals surface area (Å²) in [6, 6.07) is 8.44. The van der Waals surface area contributed by atoms with Gasteiger partial charge in [0.15, 0.2) is 9.84 Å². The molecule has 1 aromatic heterocycles. The lowest BCUT2D eigenvalue weighted by molar-refractivity contribution is 0.597. The first kappa shape index (κ1) is 20.9. The van der Waals surface area contributed by atoms with Crippen molar-refractivity contribution in [2.45, 2.75) is 23.9 Å². The van der Waals surface area contributed by atoms with Crippen LogP contribution < -0.4 is 0 Å². The highest BCUT2D eigenvalue weighted by Crippen LogP contribution is 2.19. The minimum atomic E-state index is -3.27. The van der Waals surface area contributed by atoms with Crippen LogP contribution in [-0.4, -0.2) is 40.1 Å². The first-order valence-electron chi connectivity index (χ1n) is 7.52. The quantitative estimate of drug-likeness (QED) is 0.542. The molecule has 8 heteroatoms. The van der Waals surface area contributed by atoms with Gasteiger partial charge >= 0.3 is 0 Å². The van der Waals surface area contributed by atoms with Crippen molar-refractivity contribution in [2.24, 2.45) is 0 Å². The van der Waals surface area contributed by atoms with Gasteiger partial charge in [-0.1, -0.05) is 61.3 Å². The summed E-state index contributed by atoms with van der Waals surface area (Å²) in [6.45, 7) is 10.5. The topological polar surface area (TPSA) is 77.7 Å². The number of sulfone groups is 1. The Kier molecular flexibility index (Phi) is 8.87. The fraction of sp³-hybridized carbons (Fsp3) is 0.235. The van der Waals surface area contributed by atoms with Crippen LogP contribution >= 0.6 is 11.8 Å². The fourth-order valence-electron chi connectivity index (χ4n) is 1.60. The molecule has 0 N–H and O–H groups in total. The summed E-state index contributed by atoms with van der Waals surface area (Å²) in [5.41, 5.74) is 0.897. The van der Waals surface area contributed by atoms with Crippen LogP contribution in [0.5, 0.6) is 0 Å². The van der Waals surface area contributed by atoms with Crippen LogP contribution in [-0.2, 0) is 9.84 Å². The van der Waals surface area contributed by atoms with Crippen LogP contribution in [0.4, 0.5) is 0 Å². The van der Waals surface area contributed by atoms with Gasteiger partial charge in [-0.15, -0.1) is 5.10 Å². The van der Waals surface area contributed by atoms with E-state index in [1.807, 2.05) is 19.9 Å². The fourth-order valence-corrected chi connectivity index (χ4v) is 4.20. The van der Waals surface area contributed by atoms with Crippen molar-refractivity contribution in [1.82, 2.24) is 20.2 Å². The van der Waals surface area contributed by atoms with Crippen LogP contribution in [0.2, 0.25) is 0 Å². The van der Waals surface area contributed by atoms with Crippen LogP contribution in [0, 0.1) is 0 Å². The molecular formula is C17H22N4O2S2. The number of aromatic nitrogens is 4. The predicted octanol–water partition coefficient (Wildman–Crippen LogP) is 3.48. The van der Waals surface area contributed by atoms with Crippen LogP contribution in [0.3, 0.4) is 0 Å². The molecule has 25 heavy (non-hydrogen) atoms. The Labute approximate surface area is 153 Å². The summed E-state index contributed by atoms with van der Waals surface area (Å²) in [5.74, 6) is 0.442. The molecule has 0 aliphatic rings. The van der Waals surface area contributed by atoms with E-state index in [9.17, 15) is 8.42 Å². The Morgan fingerprint density at radius 3 is 2.44 bits per heavy atom. The molecule has 1 heterocycles. The Balaban J connectivity index is 0.000000705. The Morgan fingerprint density at radius 2 is 1.88 bits per heavy atom. The van der Waals surface area contributed by atoms with E-state index < -0.39 is 9.84 Å². The number of hydrogen-bond acceptors (Lipinski definition) is 6. The van der Waals surface area contributed by atoms with Gasteiger partial charge in [0.1, 0.15) is 0 Å². The molecule has 0 aliphatic carbocycles. The van der Waals surface area contributed by atoms with Crippen molar-refractivity contribution in [2.75, 3.05) is 11.5 Å². The zero-order chi connectivity index (χ0) is 18.7. The second-order valence-corrected chi connectivity index (χ2v) is 7.93. The molecule has 0 fully saturated rings. The zero-order valence-corrected chi connectivity index (χ0v) is 16.0. The number of benzene rings is 1. The third-order valence-corrected chi connectivity index (χ3v) is 5.96. The van der Waals surface area contributed by atoms with Crippen molar-refractivity contribution in [1.29, 1.82) is 0 Å². The average molecular weight is 379 g/mol. The largest absolute Gasteiger partial charge is 0.224 e. The monoisotopic (exact) mass is 378 g/mol. The second kappa shape index (κ2) is 10.6. The number of nitrogens with zero attached hydrogens (tertiary/aromatic N) is 4. The van der Waals surface area contributed by atoms with E-state index >= 15 is 0 Å². The van der Waals surface area contributed by atoms with Crippen molar-refractivity contribution in [3.8, 4) is 0 Å². The molecule has 2 rings (SSSR count). The van der Waals surface area contributed by atoms with Gasteiger partial charge in [0.25, 0.3) is 0 Å². The molecule has 0 aliphatic heterocycles. The minimum Gasteiger partial charge on any atom is -0.224 e. The van der Waals surface area contributed by atoms with E-state index in [4.69, 9.17) is 0 Å². The van der Waals surface area contributed by atoms with Crippen LogP contribution in [0.15, 0.2) is 71.8 Å². The first-order chi connectivity index (χ1) is 12.0. The Bertz CT molecular complexity index is 806. The summed E-state index contributed by atoms with van der Waals surface area (Å²) in [5, 5.41) is 12.0. The molecule has 0 bridgehead atoms. The molecule has 0 amide bonds. The summed E-state index contributed by atoms with van der Waals surface area (Å²) in [6.07, 6.45) is 5.17. The first-order valence-corrected chi connectivity index (χ1v) is 10.2. The van der Waals surface area contributed by atoms with E-state index in [1.54, 1.807) is 47.2 Å². The maximum atomic E-state index is 12.2. The summed E-state index contributed by atoms with van der Waals surface area (Å²) < 4.78 is 25.9. The van der Waals surface area contributed by atoms with Gasteiger partial charge in [-0.2, -0.15) is 4.68 Å². The smallest absolute Gasteiger partial charge is 0.213 e. The SMILES string of the molecule is C/C=C(\C)n1nnnc1SCCS(=O)(=O)c1ccccc1.C=CC=C. The lowest BCUT2D eigenvalue weighted by atomic mass is 10.4. The third-order valence-electron chi connectivity index (χ3n) is 3.04. The molecule has 0 atom stereocenters. The van der Waals surface area contributed by atoms with E-state index in [2.05, 4.69) is 28.7 Å². The standard InChI is InChI=1S/C13H16N4O2S2.C4H6/c1-3-11(2)17-13(14-15-16-17)20-9-10-21(18,19)12-7-5-4-6-8-12;1-3-4-2/h3-8H,9-10H2,1-2H3;3-4H,1-2H2/b11-3+;. The normalized spacial score (nSPS) is 11.4. The van der Waals surface area contributed by atoms with Crippen molar-refractivity contribution in [3.63, 3.8) is 0 Å². The molecule has 0 spiro atoms. The molecule has 134 valence electrons. The Hall–Kier alpha value is -2.19. The van der Waals surface area contributed by atoms with Gasteiger partial charge < -0.3 is 0 Å². The highest BCUT2D eigenvalue weighted by atomic mass is 32.2. The van der Waals surface area contributed by atoms with E-state index in [0.29, 0.717) is 15.8 Å². The van der Waals surface area contributed by atoms with Crippen LogP contribution in [0.25, 0.3) is 5.70 Å². The highest BCUT2D eigenvalue weighted by Gasteiger charge is 2.15. The van der Waals surface area contributed by atoms with Crippen molar-refractivity contribution in [3.05, 3.63) is 61.7 Å². The maximum Gasteiger partial charge on any atom is 0.213 e. The van der Waals surface area contributed by atoms with Crippen LogP contribution in [0.1, 0.15) is 13.8 Å². The molecular weight excluding hydrogens is 356 g/mol. The van der Waals surface area contributed by atoms with E-state index in [-0.39, 0.29) is 5.75 Å². The molecule has 1 aromatic carbocycles. The number of tetrazole rings is 1. The predicted molar refractivity (Wildman–Crippen MR) is 103 cm³/mol. The number of rotatable bonds is 7. The van der Waals surface area contributed by atoms with Crippen molar-refractivity contribution < 1.29 is 8.42 Å². The Morgan fingerprint density at radius 1 is 1.24 bits per heavy atom.